The molecular formula is C20H19Cl2F3N2O3S. The van der Waals surface area contributed by atoms with E-state index in [4.69, 9.17) is 23.2 Å². The predicted octanol–water partition coefficient (Wildman–Crippen LogP) is 4.48. The van der Waals surface area contributed by atoms with Crippen molar-refractivity contribution in [1.82, 2.24) is 9.21 Å². The summed E-state index contributed by atoms with van der Waals surface area (Å²) in [6.07, 6.45) is -3.91. The molecule has 1 aliphatic heterocycles. The molecule has 0 aromatic heterocycles. The van der Waals surface area contributed by atoms with Crippen molar-refractivity contribution in [2.75, 3.05) is 26.2 Å². The Bertz CT molecular complexity index is 1050. The largest absolute Gasteiger partial charge is 0.416 e. The number of carbonyl (C=O) groups is 1. The summed E-state index contributed by atoms with van der Waals surface area (Å²) in [5, 5.41) is 0.322. The van der Waals surface area contributed by atoms with Crippen molar-refractivity contribution >= 4 is 39.1 Å². The van der Waals surface area contributed by atoms with E-state index < -0.39 is 26.7 Å². The minimum absolute atomic E-state index is 0.0262. The number of carbonyl (C=O) groups excluding carboxylic acids is 1. The standard InChI is InChI=1S/C20H19Cl2F3N2O3S/c21-16-5-1-14(2-6-16)3-8-19(28)26-9-11-27(12-10-26)31(29,30)18-13-15(20(23,24)25)4-7-17(18)22/h1-2,4-7,13H,3,8-12H2. The van der Waals surface area contributed by atoms with Gasteiger partial charge in [-0.25, -0.2) is 8.42 Å². The Hall–Kier alpha value is -1.81. The second-order valence-corrected chi connectivity index (χ2v) is 9.80. The summed E-state index contributed by atoms with van der Waals surface area (Å²) in [4.78, 5) is 13.4. The molecule has 3 rings (SSSR count). The van der Waals surface area contributed by atoms with Crippen LogP contribution in [-0.4, -0.2) is 49.7 Å². The molecule has 11 heteroatoms. The molecule has 0 saturated carbocycles. The van der Waals surface area contributed by atoms with Gasteiger partial charge in [-0.05, 0) is 42.3 Å². The van der Waals surface area contributed by atoms with Gasteiger partial charge in [-0.1, -0.05) is 35.3 Å². The summed E-state index contributed by atoms with van der Waals surface area (Å²) < 4.78 is 65.7. The Morgan fingerprint density at radius 2 is 1.58 bits per heavy atom. The lowest BCUT2D eigenvalue weighted by Crippen LogP contribution is -2.50. The van der Waals surface area contributed by atoms with Crippen molar-refractivity contribution in [3.63, 3.8) is 0 Å². The molecule has 1 amide bonds. The third kappa shape index (κ3) is 5.71. The number of amides is 1. The van der Waals surface area contributed by atoms with Gasteiger partial charge in [0.05, 0.1) is 10.6 Å². The van der Waals surface area contributed by atoms with Crippen LogP contribution >= 0.6 is 23.2 Å². The van der Waals surface area contributed by atoms with Crippen molar-refractivity contribution in [3.05, 3.63) is 63.6 Å². The van der Waals surface area contributed by atoms with Gasteiger partial charge in [0, 0.05) is 37.6 Å². The summed E-state index contributed by atoms with van der Waals surface area (Å²) in [7, 11) is -4.23. The topological polar surface area (TPSA) is 57.7 Å². The molecule has 0 bridgehead atoms. The van der Waals surface area contributed by atoms with Gasteiger partial charge in [-0.2, -0.15) is 17.5 Å². The van der Waals surface area contributed by atoms with Gasteiger partial charge in [0.15, 0.2) is 0 Å². The molecule has 168 valence electrons. The highest BCUT2D eigenvalue weighted by molar-refractivity contribution is 7.89. The van der Waals surface area contributed by atoms with E-state index in [9.17, 15) is 26.4 Å². The van der Waals surface area contributed by atoms with Crippen molar-refractivity contribution in [2.45, 2.75) is 23.9 Å². The van der Waals surface area contributed by atoms with E-state index in [2.05, 4.69) is 0 Å². The molecule has 0 aliphatic carbocycles. The molecule has 0 N–H and O–H groups in total. The summed E-state index contributed by atoms with van der Waals surface area (Å²) in [6.45, 7) is 0.244. The van der Waals surface area contributed by atoms with E-state index in [1.807, 2.05) is 12.1 Å². The van der Waals surface area contributed by atoms with Crippen LogP contribution in [0.3, 0.4) is 0 Å². The number of hydrogen-bond donors (Lipinski definition) is 0. The normalized spacial score (nSPS) is 15.8. The molecule has 31 heavy (non-hydrogen) atoms. The molecule has 0 radical (unpaired) electrons. The Morgan fingerprint density at radius 3 is 2.16 bits per heavy atom. The first-order valence-electron chi connectivity index (χ1n) is 9.37. The van der Waals surface area contributed by atoms with Gasteiger partial charge in [0.25, 0.3) is 0 Å². The number of nitrogens with zero attached hydrogens (tertiary/aromatic N) is 2. The summed E-state index contributed by atoms with van der Waals surface area (Å²) in [5.74, 6) is -0.121. The minimum atomic E-state index is -4.69. The number of rotatable bonds is 5. The lowest BCUT2D eigenvalue weighted by Gasteiger charge is -2.34. The van der Waals surface area contributed by atoms with Crippen molar-refractivity contribution < 1.29 is 26.4 Å². The van der Waals surface area contributed by atoms with Gasteiger partial charge in [-0.3, -0.25) is 4.79 Å². The average Bonchev–Trinajstić information content (AvgIpc) is 2.72. The number of aryl methyl sites for hydroxylation is 1. The fraction of sp³-hybridized carbons (Fsp3) is 0.350. The van der Waals surface area contributed by atoms with E-state index in [1.54, 1.807) is 17.0 Å². The molecule has 0 atom stereocenters. The van der Waals surface area contributed by atoms with E-state index >= 15 is 0 Å². The number of benzene rings is 2. The fourth-order valence-corrected chi connectivity index (χ4v) is 5.30. The first-order valence-corrected chi connectivity index (χ1v) is 11.6. The summed E-state index contributed by atoms with van der Waals surface area (Å²) >= 11 is 11.7. The van der Waals surface area contributed by atoms with Crippen molar-refractivity contribution in [2.24, 2.45) is 0 Å². The lowest BCUT2D eigenvalue weighted by molar-refractivity contribution is -0.137. The number of hydrogen-bond acceptors (Lipinski definition) is 3. The average molecular weight is 495 g/mol. The van der Waals surface area contributed by atoms with Crippen LogP contribution in [0.1, 0.15) is 17.5 Å². The van der Waals surface area contributed by atoms with Crippen LogP contribution in [-0.2, 0) is 27.4 Å². The van der Waals surface area contributed by atoms with Gasteiger partial charge < -0.3 is 4.90 Å². The molecule has 5 nitrogen and oxygen atoms in total. The number of piperazine rings is 1. The Kier molecular flexibility index (Phi) is 7.20. The monoisotopic (exact) mass is 494 g/mol. The molecular weight excluding hydrogens is 476 g/mol. The second-order valence-electron chi connectivity index (χ2n) is 7.05. The SMILES string of the molecule is O=C(CCc1ccc(Cl)cc1)N1CCN(S(=O)(=O)c2cc(C(F)(F)F)ccc2Cl)CC1. The van der Waals surface area contributed by atoms with Crippen LogP contribution < -0.4 is 0 Å². The van der Waals surface area contributed by atoms with E-state index in [1.165, 1.54) is 0 Å². The number of halogens is 5. The molecule has 1 heterocycles. The molecule has 2 aromatic rings. The maximum absolute atomic E-state index is 13.0. The first-order chi connectivity index (χ1) is 14.5. The highest BCUT2D eigenvalue weighted by Crippen LogP contribution is 2.34. The van der Waals surface area contributed by atoms with Gasteiger partial charge in [0.1, 0.15) is 4.90 Å². The zero-order valence-electron chi connectivity index (χ0n) is 16.2. The molecule has 1 aliphatic rings. The van der Waals surface area contributed by atoms with Gasteiger partial charge >= 0.3 is 6.18 Å². The zero-order chi connectivity index (χ0) is 22.8. The lowest BCUT2D eigenvalue weighted by atomic mass is 10.1. The highest BCUT2D eigenvalue weighted by atomic mass is 35.5. The van der Waals surface area contributed by atoms with Crippen molar-refractivity contribution in [3.8, 4) is 0 Å². The first kappa shape index (κ1) is 23.8. The van der Waals surface area contributed by atoms with E-state index in [0.29, 0.717) is 17.5 Å². The third-order valence-electron chi connectivity index (χ3n) is 5.01. The van der Waals surface area contributed by atoms with Crippen molar-refractivity contribution in [1.29, 1.82) is 0 Å². The molecule has 0 spiro atoms. The quantitative estimate of drug-likeness (QED) is 0.615. The molecule has 0 unspecified atom stereocenters. The molecule has 2 aromatic carbocycles. The maximum atomic E-state index is 13.0. The highest BCUT2D eigenvalue weighted by Gasteiger charge is 2.35. The summed E-state index contributed by atoms with van der Waals surface area (Å²) in [6, 6.07) is 9.35. The molecule has 1 fully saturated rings. The van der Waals surface area contributed by atoms with Crippen LogP contribution in [0.2, 0.25) is 10.0 Å². The van der Waals surface area contributed by atoms with Crippen LogP contribution in [0.25, 0.3) is 0 Å². The maximum Gasteiger partial charge on any atom is 0.416 e. The predicted molar refractivity (Wildman–Crippen MR) is 112 cm³/mol. The minimum Gasteiger partial charge on any atom is -0.340 e. The second kappa shape index (κ2) is 9.36. The number of alkyl halides is 3. The zero-order valence-corrected chi connectivity index (χ0v) is 18.5. The number of sulfonamides is 1. The summed E-state index contributed by atoms with van der Waals surface area (Å²) in [5.41, 5.74) is -0.135. The van der Waals surface area contributed by atoms with Crippen LogP contribution in [0.5, 0.6) is 0 Å². The van der Waals surface area contributed by atoms with Crippen LogP contribution in [0.4, 0.5) is 13.2 Å². The van der Waals surface area contributed by atoms with E-state index in [0.717, 1.165) is 22.0 Å². The fourth-order valence-electron chi connectivity index (χ4n) is 3.25. The van der Waals surface area contributed by atoms with E-state index in [-0.39, 0.29) is 43.5 Å². The van der Waals surface area contributed by atoms with Gasteiger partial charge in [0.2, 0.25) is 15.9 Å². The van der Waals surface area contributed by atoms with Gasteiger partial charge in [-0.15, -0.1) is 0 Å². The Balaban J connectivity index is 1.63. The Labute approximate surface area is 188 Å². The Morgan fingerprint density at radius 1 is 0.968 bits per heavy atom. The van der Waals surface area contributed by atoms with Crippen LogP contribution in [0.15, 0.2) is 47.4 Å². The third-order valence-corrected chi connectivity index (χ3v) is 7.64. The van der Waals surface area contributed by atoms with Crippen LogP contribution in [0, 0.1) is 0 Å². The smallest absolute Gasteiger partial charge is 0.340 e. The molecule has 1 saturated heterocycles.